The van der Waals surface area contributed by atoms with E-state index in [1.165, 1.54) is 24.8 Å². The van der Waals surface area contributed by atoms with Crippen LogP contribution >= 0.6 is 0 Å². The predicted octanol–water partition coefficient (Wildman–Crippen LogP) is 3.06. The number of carbonyl (C=O) groups excluding carboxylic acids is 1. The minimum absolute atomic E-state index is 0.355. The molecule has 2 saturated carbocycles. The molecule has 3 nitrogen and oxygen atoms in total. The van der Waals surface area contributed by atoms with Crippen LogP contribution in [0.1, 0.15) is 38.2 Å². The Kier molecular flexibility index (Phi) is 4.14. The largest absolute Gasteiger partial charge is 0.353 e. The number of likely N-dealkylation sites (tertiary alicyclic amines) is 1. The summed E-state index contributed by atoms with van der Waals surface area (Å²) in [6.07, 6.45) is 5.00. The van der Waals surface area contributed by atoms with Crippen molar-refractivity contribution in [3.05, 3.63) is 35.9 Å². The Hall–Kier alpha value is -1.35. The fraction of sp³-hybridized carbons (Fsp3) is 0.650. The summed E-state index contributed by atoms with van der Waals surface area (Å²) in [4.78, 5) is 15.0. The highest BCUT2D eigenvalue weighted by molar-refractivity contribution is 5.82. The quantitative estimate of drug-likeness (QED) is 0.927. The van der Waals surface area contributed by atoms with Crippen LogP contribution < -0.4 is 5.32 Å². The normalized spacial score (nSPS) is 36.5. The molecule has 1 aliphatic heterocycles. The van der Waals surface area contributed by atoms with Gasteiger partial charge < -0.3 is 5.32 Å². The van der Waals surface area contributed by atoms with Crippen molar-refractivity contribution in [2.45, 2.75) is 45.2 Å². The SMILES string of the molecule is C[C@@H]1CN(Cc2ccccc2)CC[C@@H]1NC(=O)C1[C@H]2CCC[C@@H]12. The fourth-order valence-corrected chi connectivity index (χ4v) is 4.92. The first kappa shape index (κ1) is 15.2. The number of nitrogens with one attached hydrogen (secondary N) is 1. The van der Waals surface area contributed by atoms with Crippen LogP contribution in [-0.2, 0) is 11.3 Å². The van der Waals surface area contributed by atoms with Crippen molar-refractivity contribution in [2.24, 2.45) is 23.7 Å². The van der Waals surface area contributed by atoms with E-state index in [4.69, 9.17) is 0 Å². The molecule has 3 aliphatic rings. The zero-order valence-corrected chi connectivity index (χ0v) is 14.1. The number of fused-ring (bicyclic) bond motifs is 1. The van der Waals surface area contributed by atoms with Gasteiger partial charge in [-0.2, -0.15) is 0 Å². The highest BCUT2D eigenvalue weighted by Gasteiger charge is 2.56. The summed E-state index contributed by atoms with van der Waals surface area (Å²) in [5, 5.41) is 3.38. The maximum absolute atomic E-state index is 12.5. The van der Waals surface area contributed by atoms with Crippen LogP contribution in [0, 0.1) is 23.7 Å². The molecule has 2 aliphatic carbocycles. The van der Waals surface area contributed by atoms with Crippen LogP contribution in [0.3, 0.4) is 0 Å². The second-order valence-corrected chi connectivity index (χ2v) is 7.89. The lowest BCUT2D eigenvalue weighted by molar-refractivity contribution is -0.124. The molecular weight excluding hydrogens is 284 g/mol. The molecule has 1 heterocycles. The van der Waals surface area contributed by atoms with E-state index >= 15 is 0 Å². The number of rotatable bonds is 4. The summed E-state index contributed by atoms with van der Waals surface area (Å²) < 4.78 is 0. The number of piperidine rings is 1. The summed E-state index contributed by atoms with van der Waals surface area (Å²) in [7, 11) is 0. The molecule has 3 fully saturated rings. The predicted molar refractivity (Wildman–Crippen MR) is 91.8 cm³/mol. The zero-order valence-electron chi connectivity index (χ0n) is 14.1. The Morgan fingerprint density at radius 3 is 2.61 bits per heavy atom. The van der Waals surface area contributed by atoms with Crippen molar-refractivity contribution in [3.63, 3.8) is 0 Å². The lowest BCUT2D eigenvalue weighted by atomic mass is 9.93. The Labute approximate surface area is 139 Å². The third-order valence-electron chi connectivity index (χ3n) is 6.28. The van der Waals surface area contributed by atoms with E-state index in [1.807, 2.05) is 0 Å². The fourth-order valence-electron chi connectivity index (χ4n) is 4.92. The third-order valence-corrected chi connectivity index (χ3v) is 6.28. The van der Waals surface area contributed by atoms with Crippen LogP contribution in [-0.4, -0.2) is 29.9 Å². The molecule has 4 rings (SSSR count). The molecule has 0 bridgehead atoms. The lowest BCUT2D eigenvalue weighted by Gasteiger charge is -2.37. The van der Waals surface area contributed by atoms with Gasteiger partial charge in [0.25, 0.3) is 0 Å². The molecule has 5 atom stereocenters. The number of benzene rings is 1. The second-order valence-electron chi connectivity index (χ2n) is 7.89. The summed E-state index contributed by atoms with van der Waals surface area (Å²) in [6.45, 7) is 5.48. The first-order chi connectivity index (χ1) is 11.2. The van der Waals surface area contributed by atoms with Gasteiger partial charge in [-0.15, -0.1) is 0 Å². The van der Waals surface area contributed by atoms with Crippen molar-refractivity contribution in [2.75, 3.05) is 13.1 Å². The number of hydrogen-bond acceptors (Lipinski definition) is 2. The monoisotopic (exact) mass is 312 g/mol. The van der Waals surface area contributed by atoms with E-state index in [-0.39, 0.29) is 0 Å². The molecule has 0 aromatic heterocycles. The third kappa shape index (κ3) is 3.16. The summed E-state index contributed by atoms with van der Waals surface area (Å²) in [5.41, 5.74) is 1.38. The topological polar surface area (TPSA) is 32.3 Å². The van der Waals surface area contributed by atoms with E-state index in [1.54, 1.807) is 0 Å². The molecule has 1 N–H and O–H groups in total. The van der Waals surface area contributed by atoms with Gasteiger partial charge in [-0.1, -0.05) is 43.7 Å². The molecule has 0 radical (unpaired) electrons. The van der Waals surface area contributed by atoms with Gasteiger partial charge in [0, 0.05) is 31.6 Å². The smallest absolute Gasteiger partial charge is 0.223 e. The molecule has 1 aromatic carbocycles. The number of nitrogens with zero attached hydrogens (tertiary/aromatic N) is 1. The maximum atomic E-state index is 12.5. The number of carbonyl (C=O) groups is 1. The minimum Gasteiger partial charge on any atom is -0.353 e. The molecular formula is C20H28N2O. The van der Waals surface area contributed by atoms with Crippen molar-refractivity contribution in [1.29, 1.82) is 0 Å². The van der Waals surface area contributed by atoms with Gasteiger partial charge in [0.05, 0.1) is 0 Å². The lowest BCUT2D eigenvalue weighted by Crippen LogP contribution is -2.50. The van der Waals surface area contributed by atoms with Gasteiger partial charge >= 0.3 is 0 Å². The van der Waals surface area contributed by atoms with Crippen LogP contribution in [0.25, 0.3) is 0 Å². The van der Waals surface area contributed by atoms with Crippen LogP contribution in [0.4, 0.5) is 0 Å². The van der Waals surface area contributed by atoms with Crippen LogP contribution in [0.15, 0.2) is 30.3 Å². The van der Waals surface area contributed by atoms with E-state index in [0.717, 1.165) is 37.9 Å². The molecule has 3 heteroatoms. The van der Waals surface area contributed by atoms with E-state index in [0.29, 0.717) is 23.8 Å². The highest BCUT2D eigenvalue weighted by atomic mass is 16.2. The molecule has 1 unspecified atom stereocenters. The molecule has 1 saturated heterocycles. The van der Waals surface area contributed by atoms with Gasteiger partial charge in [0.1, 0.15) is 0 Å². The van der Waals surface area contributed by atoms with Gasteiger partial charge in [-0.25, -0.2) is 0 Å². The molecule has 1 aromatic rings. The Morgan fingerprint density at radius 1 is 1.17 bits per heavy atom. The first-order valence-electron chi connectivity index (χ1n) is 9.29. The second kappa shape index (κ2) is 6.27. The molecule has 23 heavy (non-hydrogen) atoms. The average molecular weight is 312 g/mol. The minimum atomic E-state index is 0.355. The Bertz CT molecular complexity index is 548. The molecule has 124 valence electrons. The van der Waals surface area contributed by atoms with E-state index in [2.05, 4.69) is 47.5 Å². The van der Waals surface area contributed by atoms with Gasteiger partial charge in [-0.05, 0) is 42.6 Å². The van der Waals surface area contributed by atoms with E-state index < -0.39 is 0 Å². The highest BCUT2D eigenvalue weighted by Crippen LogP contribution is 2.57. The summed E-state index contributed by atoms with van der Waals surface area (Å²) >= 11 is 0. The number of hydrogen-bond donors (Lipinski definition) is 1. The molecule has 1 amide bonds. The Morgan fingerprint density at radius 2 is 1.91 bits per heavy atom. The van der Waals surface area contributed by atoms with Crippen molar-refractivity contribution >= 4 is 5.91 Å². The van der Waals surface area contributed by atoms with Gasteiger partial charge in [0.15, 0.2) is 0 Å². The van der Waals surface area contributed by atoms with Crippen LogP contribution in [0.2, 0.25) is 0 Å². The van der Waals surface area contributed by atoms with Crippen LogP contribution in [0.5, 0.6) is 0 Å². The Balaban J connectivity index is 1.27. The summed E-state index contributed by atoms with van der Waals surface area (Å²) in [5.74, 6) is 2.70. The number of amides is 1. The average Bonchev–Trinajstić information content (AvgIpc) is 3.04. The standard InChI is InChI=1S/C20H28N2O/c1-14-12-22(13-15-6-3-2-4-7-15)11-10-18(14)21-20(23)19-16-8-5-9-17(16)19/h2-4,6-7,14,16-19H,5,8-13H2,1H3,(H,21,23)/t14-,16-,17+,18+,19?/m1/s1. The maximum Gasteiger partial charge on any atom is 0.223 e. The van der Waals surface area contributed by atoms with Gasteiger partial charge in [0.2, 0.25) is 5.91 Å². The van der Waals surface area contributed by atoms with Crippen molar-refractivity contribution < 1.29 is 4.79 Å². The van der Waals surface area contributed by atoms with Gasteiger partial charge in [-0.3, -0.25) is 9.69 Å². The molecule has 0 spiro atoms. The van der Waals surface area contributed by atoms with Crippen molar-refractivity contribution in [3.8, 4) is 0 Å². The zero-order chi connectivity index (χ0) is 15.8. The first-order valence-corrected chi connectivity index (χ1v) is 9.29. The van der Waals surface area contributed by atoms with Crippen molar-refractivity contribution in [1.82, 2.24) is 10.2 Å². The van der Waals surface area contributed by atoms with E-state index in [9.17, 15) is 4.79 Å². The summed E-state index contributed by atoms with van der Waals surface area (Å²) in [6, 6.07) is 11.1.